The van der Waals surface area contributed by atoms with Crippen molar-refractivity contribution < 1.29 is 4.79 Å². The molecule has 0 radical (unpaired) electrons. The number of nitrogens with one attached hydrogen (secondary N) is 1. The van der Waals surface area contributed by atoms with Crippen LogP contribution in [0.15, 0.2) is 48.8 Å². The van der Waals surface area contributed by atoms with Gasteiger partial charge in [-0.05, 0) is 49.2 Å². The molecule has 1 amide bonds. The second kappa shape index (κ2) is 6.29. The summed E-state index contributed by atoms with van der Waals surface area (Å²) in [4.78, 5) is 15.0. The van der Waals surface area contributed by atoms with E-state index >= 15 is 0 Å². The Bertz CT molecular complexity index is 962. The van der Waals surface area contributed by atoms with Crippen LogP contribution in [0.3, 0.4) is 0 Å². The number of nitrogens with zero attached hydrogens (tertiary/aromatic N) is 4. The van der Waals surface area contributed by atoms with Crippen LogP contribution in [0.2, 0.25) is 0 Å². The van der Waals surface area contributed by atoms with Gasteiger partial charge in [-0.1, -0.05) is 0 Å². The Morgan fingerprint density at radius 3 is 2.64 bits per heavy atom. The first-order valence-electron chi connectivity index (χ1n) is 8.28. The molecular formula is C19H17N5O. The molecule has 0 spiro atoms. The lowest BCUT2D eigenvalue weighted by molar-refractivity contribution is 0.102. The van der Waals surface area contributed by atoms with Crippen LogP contribution >= 0.6 is 0 Å². The lowest BCUT2D eigenvalue weighted by atomic mass is 10.2. The Morgan fingerprint density at radius 1 is 1.16 bits per heavy atom. The number of fused-ring (bicyclic) bond motifs is 1. The summed E-state index contributed by atoms with van der Waals surface area (Å²) in [5.41, 5.74) is 3.65. The van der Waals surface area contributed by atoms with Crippen LogP contribution in [-0.2, 0) is 0 Å². The zero-order valence-electron chi connectivity index (χ0n) is 13.6. The first-order chi connectivity index (χ1) is 12.2. The van der Waals surface area contributed by atoms with Gasteiger partial charge in [0.05, 0.1) is 28.9 Å². The highest BCUT2D eigenvalue weighted by Gasteiger charge is 2.17. The van der Waals surface area contributed by atoms with Crippen molar-refractivity contribution in [2.24, 2.45) is 0 Å². The molecule has 0 saturated carbocycles. The Hall–Kier alpha value is -3.33. The van der Waals surface area contributed by atoms with E-state index in [-0.39, 0.29) is 5.91 Å². The monoisotopic (exact) mass is 331 g/mol. The molecular weight excluding hydrogens is 314 g/mol. The lowest BCUT2D eigenvalue weighted by Gasteiger charge is -2.17. The summed E-state index contributed by atoms with van der Waals surface area (Å²) in [6, 6.07) is 12.9. The van der Waals surface area contributed by atoms with Crippen LogP contribution < -0.4 is 10.2 Å². The van der Waals surface area contributed by atoms with E-state index in [4.69, 9.17) is 5.26 Å². The number of carbonyl (C=O) groups excluding carboxylic acids is 1. The number of carbonyl (C=O) groups is 1. The number of amides is 1. The van der Waals surface area contributed by atoms with E-state index in [1.165, 1.54) is 12.8 Å². The maximum Gasteiger partial charge on any atom is 0.259 e. The highest BCUT2D eigenvalue weighted by Crippen LogP contribution is 2.23. The predicted octanol–water partition coefficient (Wildman–Crippen LogP) is 3.06. The van der Waals surface area contributed by atoms with Gasteiger partial charge in [0.15, 0.2) is 0 Å². The molecule has 1 fully saturated rings. The average Bonchev–Trinajstić information content (AvgIpc) is 3.31. The molecule has 3 aromatic rings. The zero-order chi connectivity index (χ0) is 17.2. The maximum absolute atomic E-state index is 12.6. The third-order valence-electron chi connectivity index (χ3n) is 4.49. The number of hydrogen-bond donors (Lipinski definition) is 1. The minimum Gasteiger partial charge on any atom is -0.371 e. The van der Waals surface area contributed by atoms with Crippen molar-refractivity contribution in [1.29, 1.82) is 5.26 Å². The summed E-state index contributed by atoms with van der Waals surface area (Å²) in [6.45, 7) is 2.11. The highest BCUT2D eigenvalue weighted by atomic mass is 16.1. The molecule has 6 nitrogen and oxygen atoms in total. The van der Waals surface area contributed by atoms with Gasteiger partial charge in [0.2, 0.25) is 0 Å². The van der Waals surface area contributed by atoms with Crippen molar-refractivity contribution >= 4 is 22.8 Å². The Balaban J connectivity index is 1.62. The minimum atomic E-state index is -0.210. The number of nitriles is 1. The molecule has 1 aliphatic rings. The molecule has 124 valence electrons. The largest absolute Gasteiger partial charge is 0.371 e. The van der Waals surface area contributed by atoms with Gasteiger partial charge in [-0.2, -0.15) is 10.4 Å². The third kappa shape index (κ3) is 2.92. The van der Waals surface area contributed by atoms with Gasteiger partial charge in [0, 0.05) is 30.7 Å². The van der Waals surface area contributed by atoms with Gasteiger partial charge in [-0.15, -0.1) is 0 Å². The van der Waals surface area contributed by atoms with Crippen LogP contribution in [0.4, 0.5) is 11.4 Å². The fourth-order valence-corrected chi connectivity index (χ4v) is 3.14. The Labute approximate surface area is 145 Å². The summed E-state index contributed by atoms with van der Waals surface area (Å²) in [6.07, 6.45) is 5.89. The molecule has 6 heteroatoms. The normalized spacial score (nSPS) is 13.8. The molecule has 1 aromatic carbocycles. The molecule has 0 unspecified atom stereocenters. The topological polar surface area (TPSA) is 73.4 Å². The molecule has 0 aliphatic carbocycles. The summed E-state index contributed by atoms with van der Waals surface area (Å²) < 4.78 is 1.72. The molecule has 0 atom stereocenters. The van der Waals surface area contributed by atoms with E-state index < -0.39 is 0 Å². The van der Waals surface area contributed by atoms with Crippen LogP contribution in [0.1, 0.15) is 28.8 Å². The van der Waals surface area contributed by atoms with Crippen LogP contribution in [0.5, 0.6) is 0 Å². The molecule has 2 aromatic heterocycles. The molecule has 3 heterocycles. The summed E-state index contributed by atoms with van der Waals surface area (Å²) >= 11 is 0. The molecule has 25 heavy (non-hydrogen) atoms. The van der Waals surface area contributed by atoms with Crippen LogP contribution in [0, 0.1) is 11.3 Å². The standard InChI is InChI=1S/C19H17N5O/c20-12-14-3-5-15(6-4-14)22-19(25)17-13-21-24-10-7-16(11-18(17)24)23-8-1-2-9-23/h3-7,10-11,13H,1-2,8-9H2,(H,22,25). The van der Waals surface area contributed by atoms with Gasteiger partial charge < -0.3 is 10.2 Å². The molecule has 1 N–H and O–H groups in total. The predicted molar refractivity (Wildman–Crippen MR) is 95.7 cm³/mol. The van der Waals surface area contributed by atoms with Crippen molar-refractivity contribution in [2.75, 3.05) is 23.3 Å². The van der Waals surface area contributed by atoms with Crippen molar-refractivity contribution in [3.8, 4) is 6.07 Å². The molecule has 1 saturated heterocycles. The van der Waals surface area contributed by atoms with E-state index in [0.717, 1.165) is 24.3 Å². The molecule has 4 rings (SSSR count). The van der Waals surface area contributed by atoms with Gasteiger partial charge >= 0.3 is 0 Å². The second-order valence-corrected chi connectivity index (χ2v) is 6.11. The number of pyridine rings is 1. The smallest absolute Gasteiger partial charge is 0.259 e. The van der Waals surface area contributed by atoms with E-state index in [2.05, 4.69) is 21.4 Å². The second-order valence-electron chi connectivity index (χ2n) is 6.11. The quantitative estimate of drug-likeness (QED) is 0.800. The maximum atomic E-state index is 12.6. The first kappa shape index (κ1) is 15.2. The minimum absolute atomic E-state index is 0.210. The Kier molecular flexibility index (Phi) is 3.82. The van der Waals surface area contributed by atoms with Gasteiger partial charge in [-0.3, -0.25) is 4.79 Å². The molecule has 0 bridgehead atoms. The number of rotatable bonds is 3. The van der Waals surface area contributed by atoms with Gasteiger partial charge in [-0.25, -0.2) is 4.52 Å². The fraction of sp³-hybridized carbons (Fsp3) is 0.211. The van der Waals surface area contributed by atoms with Gasteiger partial charge in [0.1, 0.15) is 0 Å². The number of anilines is 2. The van der Waals surface area contributed by atoms with Crippen LogP contribution in [0.25, 0.3) is 5.52 Å². The van der Waals surface area contributed by atoms with Crippen molar-refractivity contribution in [2.45, 2.75) is 12.8 Å². The number of hydrogen-bond acceptors (Lipinski definition) is 4. The fourth-order valence-electron chi connectivity index (χ4n) is 3.14. The number of aromatic nitrogens is 2. The average molecular weight is 331 g/mol. The van der Waals surface area contributed by atoms with Crippen molar-refractivity contribution in [1.82, 2.24) is 9.61 Å². The van der Waals surface area contributed by atoms with Crippen molar-refractivity contribution in [3.63, 3.8) is 0 Å². The summed E-state index contributed by atoms with van der Waals surface area (Å²) in [5, 5.41) is 16.0. The first-order valence-corrected chi connectivity index (χ1v) is 8.28. The molecule has 1 aliphatic heterocycles. The lowest BCUT2D eigenvalue weighted by Crippen LogP contribution is -2.18. The summed E-state index contributed by atoms with van der Waals surface area (Å²) in [5.74, 6) is -0.210. The third-order valence-corrected chi connectivity index (χ3v) is 4.49. The van der Waals surface area contributed by atoms with E-state index in [1.54, 1.807) is 35.0 Å². The SMILES string of the molecule is N#Cc1ccc(NC(=O)c2cnn3ccc(N4CCCC4)cc23)cc1. The van der Waals surface area contributed by atoms with Crippen molar-refractivity contribution in [3.05, 3.63) is 59.9 Å². The van der Waals surface area contributed by atoms with Crippen LogP contribution in [-0.4, -0.2) is 28.6 Å². The zero-order valence-corrected chi connectivity index (χ0v) is 13.6. The van der Waals surface area contributed by atoms with Gasteiger partial charge in [0.25, 0.3) is 5.91 Å². The number of benzene rings is 1. The Morgan fingerprint density at radius 2 is 1.92 bits per heavy atom. The van der Waals surface area contributed by atoms with E-state index in [9.17, 15) is 4.79 Å². The van der Waals surface area contributed by atoms with E-state index in [0.29, 0.717) is 16.8 Å². The van der Waals surface area contributed by atoms with E-state index in [1.807, 2.05) is 18.3 Å². The highest BCUT2D eigenvalue weighted by molar-refractivity contribution is 6.09. The summed E-state index contributed by atoms with van der Waals surface area (Å²) in [7, 11) is 0.